The monoisotopic (exact) mass is 565 g/mol. The number of fused-ring (bicyclic) bond motifs is 1. The maximum Gasteiger partial charge on any atom is 0.279 e. The van der Waals surface area contributed by atoms with Crippen LogP contribution >= 0.6 is 27.3 Å². The van der Waals surface area contributed by atoms with E-state index in [2.05, 4.69) is 34.8 Å². The number of aromatic nitrogens is 1. The molecule has 7 nitrogen and oxygen atoms in total. The first-order valence-electron chi connectivity index (χ1n) is 11.2. The summed E-state index contributed by atoms with van der Waals surface area (Å²) in [6, 6.07) is 12.0. The van der Waals surface area contributed by atoms with Crippen LogP contribution in [-0.2, 0) is 21.3 Å². The SMILES string of the molecule is COCCn1c(=NC(=O)c2ccc(S(=O)(=O)N3CC(C)CC(C)C3)cc2)sc2cc(Br)ccc21. The molecule has 0 radical (unpaired) electrons. The fourth-order valence-corrected chi connectivity index (χ4v) is 7.69. The average Bonchev–Trinajstić information content (AvgIpc) is 3.12. The molecule has 0 saturated carbocycles. The van der Waals surface area contributed by atoms with Gasteiger partial charge in [0, 0.05) is 36.8 Å². The van der Waals surface area contributed by atoms with Crippen LogP contribution < -0.4 is 4.80 Å². The Morgan fingerprint density at radius 2 is 1.82 bits per heavy atom. The van der Waals surface area contributed by atoms with Gasteiger partial charge in [-0.2, -0.15) is 9.30 Å². The first-order valence-corrected chi connectivity index (χ1v) is 14.2. The molecule has 182 valence electrons. The third kappa shape index (κ3) is 5.36. The molecule has 4 rings (SSSR count). The van der Waals surface area contributed by atoms with Crippen LogP contribution in [-0.4, -0.2) is 50.0 Å². The van der Waals surface area contributed by atoms with Gasteiger partial charge in [-0.3, -0.25) is 4.79 Å². The Morgan fingerprint density at radius 1 is 1.15 bits per heavy atom. The van der Waals surface area contributed by atoms with Gasteiger partial charge in [0.2, 0.25) is 10.0 Å². The Balaban J connectivity index is 1.63. The van der Waals surface area contributed by atoms with Gasteiger partial charge in [-0.05, 0) is 60.7 Å². The zero-order valence-corrected chi connectivity index (χ0v) is 22.6. The molecule has 2 heterocycles. The number of piperidine rings is 1. The molecule has 0 spiro atoms. The van der Waals surface area contributed by atoms with Gasteiger partial charge >= 0.3 is 0 Å². The number of halogens is 1. The minimum atomic E-state index is -3.60. The minimum absolute atomic E-state index is 0.201. The highest BCUT2D eigenvalue weighted by Crippen LogP contribution is 2.27. The number of sulfonamides is 1. The van der Waals surface area contributed by atoms with Crippen LogP contribution in [0.1, 0.15) is 30.6 Å². The molecule has 1 aliphatic heterocycles. The van der Waals surface area contributed by atoms with E-state index in [-0.39, 0.29) is 4.90 Å². The van der Waals surface area contributed by atoms with Crippen LogP contribution in [0.4, 0.5) is 0 Å². The third-order valence-electron chi connectivity index (χ3n) is 5.94. The van der Waals surface area contributed by atoms with Crippen molar-refractivity contribution in [3.63, 3.8) is 0 Å². The van der Waals surface area contributed by atoms with Crippen LogP contribution in [0.2, 0.25) is 0 Å². The van der Waals surface area contributed by atoms with E-state index in [1.807, 2.05) is 22.8 Å². The molecule has 2 aromatic carbocycles. The second kappa shape index (κ2) is 10.4. The van der Waals surface area contributed by atoms with Crippen molar-refractivity contribution in [1.82, 2.24) is 8.87 Å². The molecule has 1 saturated heterocycles. The lowest BCUT2D eigenvalue weighted by Gasteiger charge is -2.34. The number of thiazole rings is 1. The molecule has 1 aliphatic rings. The zero-order valence-electron chi connectivity index (χ0n) is 19.4. The van der Waals surface area contributed by atoms with Crippen molar-refractivity contribution >= 4 is 53.4 Å². The van der Waals surface area contributed by atoms with E-state index in [0.717, 1.165) is 21.1 Å². The number of nitrogens with zero attached hydrogens (tertiary/aromatic N) is 3. The fourth-order valence-electron chi connectivity index (χ4n) is 4.40. The smallest absolute Gasteiger partial charge is 0.279 e. The molecule has 1 amide bonds. The highest BCUT2D eigenvalue weighted by Gasteiger charge is 2.31. The molecule has 0 aliphatic carbocycles. The van der Waals surface area contributed by atoms with Gasteiger partial charge in [0.1, 0.15) is 0 Å². The van der Waals surface area contributed by atoms with Crippen LogP contribution in [0.15, 0.2) is 56.8 Å². The number of methoxy groups -OCH3 is 1. The lowest BCUT2D eigenvalue weighted by Crippen LogP contribution is -2.42. The van der Waals surface area contributed by atoms with Crippen molar-refractivity contribution in [3.05, 3.63) is 57.3 Å². The first kappa shape index (κ1) is 25.2. The summed E-state index contributed by atoms with van der Waals surface area (Å²) in [5.74, 6) is 0.232. The number of amides is 1. The summed E-state index contributed by atoms with van der Waals surface area (Å²) in [6.07, 6.45) is 1.03. The Morgan fingerprint density at radius 3 is 2.47 bits per heavy atom. The largest absolute Gasteiger partial charge is 0.383 e. The van der Waals surface area contributed by atoms with Crippen molar-refractivity contribution in [3.8, 4) is 0 Å². The maximum atomic E-state index is 13.1. The van der Waals surface area contributed by atoms with Gasteiger partial charge in [0.25, 0.3) is 5.91 Å². The molecule has 2 unspecified atom stereocenters. The summed E-state index contributed by atoms with van der Waals surface area (Å²) in [5, 5.41) is 0. The summed E-state index contributed by atoms with van der Waals surface area (Å²) in [6.45, 7) is 6.25. The average molecular weight is 567 g/mol. The summed E-state index contributed by atoms with van der Waals surface area (Å²) in [7, 11) is -1.96. The molecular formula is C24H28BrN3O4S2. The second-order valence-electron chi connectivity index (χ2n) is 8.85. The van der Waals surface area contributed by atoms with Crippen LogP contribution in [0.3, 0.4) is 0 Å². The van der Waals surface area contributed by atoms with Crippen molar-refractivity contribution in [2.75, 3.05) is 26.8 Å². The van der Waals surface area contributed by atoms with Gasteiger partial charge in [-0.1, -0.05) is 41.1 Å². The minimum Gasteiger partial charge on any atom is -0.383 e. The summed E-state index contributed by atoms with van der Waals surface area (Å²) < 4.78 is 36.9. The van der Waals surface area contributed by atoms with Gasteiger partial charge in [-0.15, -0.1) is 0 Å². The van der Waals surface area contributed by atoms with Crippen molar-refractivity contribution in [2.45, 2.75) is 31.7 Å². The molecular weight excluding hydrogens is 538 g/mol. The van der Waals surface area contributed by atoms with Gasteiger partial charge in [0.15, 0.2) is 4.80 Å². The van der Waals surface area contributed by atoms with Crippen LogP contribution in [0, 0.1) is 11.8 Å². The molecule has 0 N–H and O–H groups in total. The number of hydrogen-bond donors (Lipinski definition) is 0. The standard InChI is InChI=1S/C24H28BrN3O4S2/c1-16-12-17(2)15-27(14-16)34(30,31)20-7-4-18(5-8-20)23(29)26-24-28(10-11-32-3)21-9-6-19(25)13-22(21)33-24/h4-9,13,16-17H,10-12,14-15H2,1-3H3. The summed E-state index contributed by atoms with van der Waals surface area (Å²) in [5.41, 5.74) is 1.32. The summed E-state index contributed by atoms with van der Waals surface area (Å²) in [4.78, 5) is 18.1. The molecule has 10 heteroatoms. The lowest BCUT2D eigenvalue weighted by atomic mass is 9.94. The van der Waals surface area contributed by atoms with E-state index in [9.17, 15) is 13.2 Å². The van der Waals surface area contributed by atoms with E-state index >= 15 is 0 Å². The number of carbonyl (C=O) groups excluding carboxylic acids is 1. The molecule has 34 heavy (non-hydrogen) atoms. The number of rotatable bonds is 6. The predicted octanol–water partition coefficient (Wildman–Crippen LogP) is 4.52. The van der Waals surface area contributed by atoms with Crippen molar-refractivity contribution in [1.29, 1.82) is 0 Å². The Kier molecular flexibility index (Phi) is 7.73. The molecule has 1 fully saturated rings. The number of ether oxygens (including phenoxy) is 1. The molecule has 1 aromatic heterocycles. The lowest BCUT2D eigenvalue weighted by molar-refractivity contribution is 0.0997. The Bertz CT molecular complexity index is 1350. The van der Waals surface area contributed by atoms with Crippen molar-refractivity contribution in [2.24, 2.45) is 16.8 Å². The van der Waals surface area contributed by atoms with E-state index < -0.39 is 15.9 Å². The van der Waals surface area contributed by atoms with Gasteiger partial charge < -0.3 is 9.30 Å². The second-order valence-corrected chi connectivity index (χ2v) is 12.7. The molecule has 3 aromatic rings. The maximum absolute atomic E-state index is 13.1. The van der Waals surface area contributed by atoms with Gasteiger partial charge in [0.05, 0.1) is 21.7 Å². The quantitative estimate of drug-likeness (QED) is 0.440. The highest BCUT2D eigenvalue weighted by atomic mass is 79.9. The van der Waals surface area contributed by atoms with Crippen LogP contribution in [0.25, 0.3) is 10.2 Å². The predicted molar refractivity (Wildman–Crippen MR) is 137 cm³/mol. The molecule has 0 bridgehead atoms. The number of carbonyl (C=O) groups is 1. The highest BCUT2D eigenvalue weighted by molar-refractivity contribution is 9.10. The first-order chi connectivity index (χ1) is 16.2. The van der Waals surface area contributed by atoms with E-state index in [0.29, 0.717) is 48.4 Å². The topological polar surface area (TPSA) is 81.0 Å². The number of hydrogen-bond acceptors (Lipinski definition) is 5. The third-order valence-corrected chi connectivity index (χ3v) is 9.32. The zero-order chi connectivity index (χ0) is 24.5. The normalized spacial score (nSPS) is 20.2. The van der Waals surface area contributed by atoms with E-state index in [1.165, 1.54) is 23.5 Å². The van der Waals surface area contributed by atoms with Crippen molar-refractivity contribution < 1.29 is 17.9 Å². The van der Waals surface area contributed by atoms with Crippen LogP contribution in [0.5, 0.6) is 0 Å². The van der Waals surface area contributed by atoms with Gasteiger partial charge in [-0.25, -0.2) is 8.42 Å². The Hall–Kier alpha value is -1.85. The number of benzene rings is 2. The Labute approximate surface area is 212 Å². The molecule has 2 atom stereocenters. The summed E-state index contributed by atoms with van der Waals surface area (Å²) >= 11 is 4.91. The van der Waals surface area contributed by atoms with E-state index in [4.69, 9.17) is 4.74 Å². The van der Waals surface area contributed by atoms with E-state index in [1.54, 1.807) is 23.5 Å². The fraction of sp³-hybridized carbons (Fsp3) is 0.417.